The molecule has 0 bridgehead atoms. The van der Waals surface area contributed by atoms with E-state index in [0.717, 1.165) is 11.1 Å². The van der Waals surface area contributed by atoms with Gasteiger partial charge >= 0.3 is 0 Å². The number of ether oxygens (including phenoxy) is 1. The lowest BCUT2D eigenvalue weighted by Gasteiger charge is -2.23. The molecule has 0 heterocycles. The molecule has 0 saturated carbocycles. The minimum Gasteiger partial charge on any atom is -1.00 e. The normalized spacial score (nSPS) is 12.8. The van der Waals surface area contributed by atoms with E-state index in [4.69, 9.17) is 4.74 Å². The number of halogens is 1. The summed E-state index contributed by atoms with van der Waals surface area (Å²) in [6.07, 6.45) is -0.513. The average molecular weight is 309 g/mol. The van der Waals surface area contributed by atoms with Crippen LogP contribution in [0.2, 0.25) is 0 Å². The van der Waals surface area contributed by atoms with Gasteiger partial charge in [0, 0.05) is 12.1 Å². The highest BCUT2D eigenvalue weighted by atomic mass is 35.5. The number of aliphatic hydroxyl groups is 1. The van der Waals surface area contributed by atoms with Gasteiger partial charge in [-0.05, 0) is 43.7 Å². The molecular formula is C17H23ClNO2-. The van der Waals surface area contributed by atoms with Crippen LogP contribution in [-0.4, -0.2) is 29.9 Å². The van der Waals surface area contributed by atoms with Gasteiger partial charge in [-0.15, -0.1) is 0 Å². The van der Waals surface area contributed by atoms with Gasteiger partial charge in [-0.2, -0.15) is 0 Å². The standard InChI is InChI=1S/C17H23NO2.ClH/c1-17(2,3)18-11-15(19)12-20-16-9-8-13-6-4-5-7-14(13)10-16;/h4-10,15,18-19H,11-12H2,1-3H3;1H/p-1. The van der Waals surface area contributed by atoms with Gasteiger partial charge < -0.3 is 27.6 Å². The van der Waals surface area contributed by atoms with E-state index >= 15 is 0 Å². The van der Waals surface area contributed by atoms with Crippen LogP contribution in [0.1, 0.15) is 20.8 Å². The van der Waals surface area contributed by atoms with Crippen LogP contribution in [0.25, 0.3) is 10.8 Å². The molecule has 1 unspecified atom stereocenters. The van der Waals surface area contributed by atoms with Gasteiger partial charge in [-0.1, -0.05) is 30.3 Å². The molecule has 116 valence electrons. The molecule has 3 nitrogen and oxygen atoms in total. The number of rotatable bonds is 5. The molecule has 0 aromatic heterocycles. The molecule has 2 rings (SSSR count). The van der Waals surface area contributed by atoms with E-state index in [1.54, 1.807) is 0 Å². The van der Waals surface area contributed by atoms with Crippen molar-refractivity contribution < 1.29 is 22.3 Å². The van der Waals surface area contributed by atoms with Gasteiger partial charge in [0.05, 0.1) is 0 Å². The SMILES string of the molecule is CC(C)(C)NCC(O)COc1ccc2ccccc2c1.[Cl-]. The van der Waals surface area contributed by atoms with Crippen LogP contribution in [0.15, 0.2) is 42.5 Å². The second kappa shape index (κ2) is 7.64. The van der Waals surface area contributed by atoms with E-state index in [2.05, 4.69) is 38.2 Å². The van der Waals surface area contributed by atoms with Crippen LogP contribution in [0.3, 0.4) is 0 Å². The Balaban J connectivity index is 0.00000220. The predicted octanol–water partition coefficient (Wildman–Crippen LogP) is -0.0284. The Hall–Kier alpha value is -1.29. The first kappa shape index (κ1) is 17.8. The Bertz CT molecular complexity index is 566. The van der Waals surface area contributed by atoms with Crippen molar-refractivity contribution in [2.24, 2.45) is 0 Å². The number of nitrogens with one attached hydrogen (secondary N) is 1. The maximum absolute atomic E-state index is 9.90. The maximum Gasteiger partial charge on any atom is 0.120 e. The van der Waals surface area contributed by atoms with E-state index in [1.807, 2.05) is 30.3 Å². The molecule has 0 fully saturated rings. The van der Waals surface area contributed by atoms with Crippen molar-refractivity contribution in [3.8, 4) is 5.75 Å². The Morgan fingerprint density at radius 1 is 1.10 bits per heavy atom. The fraction of sp³-hybridized carbons (Fsp3) is 0.412. The summed E-state index contributed by atoms with van der Waals surface area (Å²) in [6.45, 7) is 7.04. The molecule has 2 aromatic carbocycles. The van der Waals surface area contributed by atoms with Gasteiger partial charge in [0.1, 0.15) is 18.5 Å². The highest BCUT2D eigenvalue weighted by Crippen LogP contribution is 2.20. The number of fused-ring (bicyclic) bond motifs is 1. The molecule has 4 heteroatoms. The summed E-state index contributed by atoms with van der Waals surface area (Å²) in [5, 5.41) is 15.5. The van der Waals surface area contributed by atoms with Crippen molar-refractivity contribution in [3.05, 3.63) is 42.5 Å². The van der Waals surface area contributed by atoms with E-state index in [1.165, 1.54) is 5.39 Å². The Morgan fingerprint density at radius 3 is 2.43 bits per heavy atom. The lowest BCUT2D eigenvalue weighted by molar-refractivity contribution is -0.00000628. The number of benzene rings is 2. The highest BCUT2D eigenvalue weighted by molar-refractivity contribution is 5.83. The summed E-state index contributed by atoms with van der Waals surface area (Å²) in [5.41, 5.74) is 0.00390. The largest absolute Gasteiger partial charge is 1.00 e. The van der Waals surface area contributed by atoms with Crippen molar-refractivity contribution >= 4 is 10.8 Å². The molecule has 0 aliphatic rings. The number of aliphatic hydroxyl groups excluding tert-OH is 1. The Kier molecular flexibility index (Phi) is 6.46. The molecule has 0 aliphatic carbocycles. The summed E-state index contributed by atoms with van der Waals surface area (Å²) in [6, 6.07) is 14.1. The zero-order valence-corrected chi connectivity index (χ0v) is 13.5. The maximum atomic E-state index is 9.90. The summed E-state index contributed by atoms with van der Waals surface area (Å²) in [7, 11) is 0. The van der Waals surface area contributed by atoms with Crippen LogP contribution in [0, 0.1) is 0 Å². The quantitative estimate of drug-likeness (QED) is 0.815. The molecule has 0 amide bonds. The Labute approximate surface area is 132 Å². The predicted molar refractivity (Wildman–Crippen MR) is 83.2 cm³/mol. The van der Waals surface area contributed by atoms with Gasteiger partial charge in [0.2, 0.25) is 0 Å². The smallest absolute Gasteiger partial charge is 0.120 e. The van der Waals surface area contributed by atoms with Gasteiger partial charge in [0.15, 0.2) is 0 Å². The van der Waals surface area contributed by atoms with Crippen LogP contribution >= 0.6 is 0 Å². The molecule has 0 saturated heterocycles. The molecule has 0 radical (unpaired) electrons. The monoisotopic (exact) mass is 308 g/mol. The van der Waals surface area contributed by atoms with Crippen molar-refractivity contribution in [1.29, 1.82) is 0 Å². The molecule has 21 heavy (non-hydrogen) atoms. The second-order valence-corrected chi connectivity index (χ2v) is 6.10. The van der Waals surface area contributed by atoms with Gasteiger partial charge in [-0.3, -0.25) is 0 Å². The molecular weight excluding hydrogens is 286 g/mol. The number of β-amino-alcohol motifs (C(OH)–C–C–N with tert-alkyl or cyclic N) is 1. The molecule has 0 spiro atoms. The first-order valence-electron chi connectivity index (χ1n) is 6.99. The Morgan fingerprint density at radius 2 is 1.76 bits per heavy atom. The number of hydrogen-bond acceptors (Lipinski definition) is 3. The molecule has 0 aliphatic heterocycles. The number of hydrogen-bond donors (Lipinski definition) is 2. The minimum absolute atomic E-state index is 0. The van der Waals surface area contributed by atoms with Gasteiger partial charge in [0.25, 0.3) is 0 Å². The first-order valence-corrected chi connectivity index (χ1v) is 6.99. The minimum atomic E-state index is -0.513. The zero-order valence-electron chi connectivity index (χ0n) is 12.8. The average Bonchev–Trinajstić information content (AvgIpc) is 2.42. The van der Waals surface area contributed by atoms with Crippen molar-refractivity contribution in [3.63, 3.8) is 0 Å². The lowest BCUT2D eigenvalue weighted by atomic mass is 10.1. The first-order chi connectivity index (χ1) is 9.44. The van der Waals surface area contributed by atoms with Crippen LogP contribution in [0.4, 0.5) is 0 Å². The van der Waals surface area contributed by atoms with E-state index < -0.39 is 6.10 Å². The molecule has 2 aromatic rings. The summed E-state index contributed by atoms with van der Waals surface area (Å²) < 4.78 is 5.65. The molecule has 1 atom stereocenters. The third-order valence-electron chi connectivity index (χ3n) is 3.03. The summed E-state index contributed by atoms with van der Waals surface area (Å²) >= 11 is 0. The fourth-order valence-corrected chi connectivity index (χ4v) is 1.93. The van der Waals surface area contributed by atoms with Crippen molar-refractivity contribution in [2.45, 2.75) is 32.4 Å². The molecule has 2 N–H and O–H groups in total. The zero-order chi connectivity index (χ0) is 14.6. The third kappa shape index (κ3) is 5.92. The third-order valence-corrected chi connectivity index (χ3v) is 3.03. The lowest BCUT2D eigenvalue weighted by Crippen LogP contribution is -3.00. The second-order valence-electron chi connectivity index (χ2n) is 6.10. The van der Waals surface area contributed by atoms with Crippen molar-refractivity contribution in [2.75, 3.05) is 13.2 Å². The van der Waals surface area contributed by atoms with Crippen LogP contribution < -0.4 is 22.5 Å². The van der Waals surface area contributed by atoms with E-state index in [0.29, 0.717) is 13.2 Å². The van der Waals surface area contributed by atoms with E-state index in [9.17, 15) is 5.11 Å². The highest BCUT2D eigenvalue weighted by Gasteiger charge is 2.12. The summed E-state index contributed by atoms with van der Waals surface area (Å²) in [4.78, 5) is 0. The summed E-state index contributed by atoms with van der Waals surface area (Å²) in [5.74, 6) is 0.790. The van der Waals surface area contributed by atoms with E-state index in [-0.39, 0.29) is 17.9 Å². The van der Waals surface area contributed by atoms with Crippen LogP contribution in [0.5, 0.6) is 5.75 Å². The van der Waals surface area contributed by atoms with Gasteiger partial charge in [-0.25, -0.2) is 0 Å². The fourth-order valence-electron chi connectivity index (χ4n) is 1.93. The van der Waals surface area contributed by atoms with Crippen LogP contribution in [-0.2, 0) is 0 Å². The topological polar surface area (TPSA) is 41.5 Å². The van der Waals surface area contributed by atoms with Crippen molar-refractivity contribution in [1.82, 2.24) is 5.32 Å².